The molecule has 0 spiro atoms. The maximum atomic E-state index is 6.28. The van der Waals surface area contributed by atoms with Gasteiger partial charge in [0.25, 0.3) is 0 Å². The molecule has 1 aliphatic carbocycles. The molecule has 2 rings (SSSR count). The summed E-state index contributed by atoms with van der Waals surface area (Å²) in [7, 11) is 0. The average molecular weight is 358 g/mol. The monoisotopic (exact) mass is 357 g/mol. The van der Waals surface area contributed by atoms with Crippen molar-refractivity contribution in [3.8, 4) is 0 Å². The van der Waals surface area contributed by atoms with E-state index in [1.54, 1.807) is 0 Å². The number of allylic oxidation sites excluding steroid dienone is 1. The summed E-state index contributed by atoms with van der Waals surface area (Å²) in [5.74, 6) is 0. The van der Waals surface area contributed by atoms with Gasteiger partial charge in [-0.15, -0.1) is 0 Å². The van der Waals surface area contributed by atoms with Gasteiger partial charge in [0, 0.05) is 10.2 Å². The minimum absolute atomic E-state index is 0.0647. The Hall–Kier alpha value is -0.150. The largest absolute Gasteiger partial charge is 0.277 e. The molecule has 0 heterocycles. The summed E-state index contributed by atoms with van der Waals surface area (Å²) in [5, 5.41) is 7.11. The van der Waals surface area contributed by atoms with Gasteiger partial charge in [-0.25, -0.2) is 0 Å². The predicted molar refractivity (Wildman–Crippen MR) is 101 cm³/mol. The van der Waals surface area contributed by atoms with Gasteiger partial charge in [-0.05, 0) is 51.3 Å². The van der Waals surface area contributed by atoms with Crippen LogP contribution in [-0.2, 0) is 5.41 Å². The Morgan fingerprint density at radius 3 is 2.36 bits per heavy atom. The zero-order valence-corrected chi connectivity index (χ0v) is 15.9. The Bertz CT molecular complexity index is 560. The zero-order valence-electron chi connectivity index (χ0n) is 13.6. The van der Waals surface area contributed by atoms with Crippen molar-refractivity contribution in [3.05, 3.63) is 45.5 Å². The number of halogens is 2. The first-order chi connectivity index (χ1) is 10.3. The topological polar surface area (TPSA) is 26.0 Å². The Balaban J connectivity index is 2.50. The van der Waals surface area contributed by atoms with Crippen LogP contribution >= 0.6 is 35.1 Å². The molecular weight excluding hydrogens is 333 g/mol. The van der Waals surface area contributed by atoms with Crippen LogP contribution in [0, 0.1) is 0 Å². The van der Waals surface area contributed by atoms with Crippen molar-refractivity contribution in [2.24, 2.45) is 5.14 Å². The van der Waals surface area contributed by atoms with Crippen LogP contribution in [0.4, 0.5) is 0 Å². The van der Waals surface area contributed by atoms with Crippen LogP contribution in [-0.4, -0.2) is 4.75 Å². The smallest absolute Gasteiger partial charge is 0.0595 e. The second-order valence-corrected chi connectivity index (χ2v) is 8.92. The highest BCUT2D eigenvalue weighted by Crippen LogP contribution is 2.47. The van der Waals surface area contributed by atoms with Crippen LogP contribution in [0.15, 0.2) is 29.8 Å². The summed E-state index contributed by atoms with van der Waals surface area (Å²) in [6, 6.07) is 6.11. The first-order valence-electron chi connectivity index (χ1n) is 7.84. The molecule has 0 atom stereocenters. The van der Waals surface area contributed by atoms with Gasteiger partial charge in [0.15, 0.2) is 0 Å². The summed E-state index contributed by atoms with van der Waals surface area (Å²) < 4.78 is -0.0647. The normalized spacial score (nSPS) is 19.3. The standard InChI is InChI=1S/C18H25Cl2NS/c1-13(12-17(2,3)22-21)18(9-5-4-6-10-18)14-7-8-15(19)16(20)11-14/h7-8,11-12H,4-6,9-10,21H2,1-3H3. The van der Waals surface area contributed by atoms with Gasteiger partial charge >= 0.3 is 0 Å². The molecule has 1 aromatic rings. The molecule has 1 saturated carbocycles. The summed E-state index contributed by atoms with van der Waals surface area (Å²) in [6.07, 6.45) is 8.47. The van der Waals surface area contributed by atoms with Crippen molar-refractivity contribution in [1.29, 1.82) is 0 Å². The summed E-state index contributed by atoms with van der Waals surface area (Å²) in [6.45, 7) is 6.56. The maximum Gasteiger partial charge on any atom is 0.0595 e. The Labute approximate surface area is 148 Å². The highest BCUT2D eigenvalue weighted by atomic mass is 35.5. The minimum Gasteiger partial charge on any atom is -0.277 e. The zero-order chi connectivity index (χ0) is 16.4. The second kappa shape index (κ2) is 7.17. The maximum absolute atomic E-state index is 6.28. The third-order valence-corrected chi connectivity index (χ3v) is 6.27. The van der Waals surface area contributed by atoms with Crippen molar-refractivity contribution in [2.75, 3.05) is 0 Å². The first kappa shape index (κ1) is 18.2. The van der Waals surface area contributed by atoms with Crippen molar-refractivity contribution in [3.63, 3.8) is 0 Å². The lowest BCUT2D eigenvalue weighted by molar-refractivity contribution is 0.338. The Kier molecular flexibility index (Phi) is 5.93. The molecule has 122 valence electrons. The molecule has 1 aliphatic rings. The molecule has 2 N–H and O–H groups in total. The molecular formula is C18H25Cl2NS. The number of benzene rings is 1. The van der Waals surface area contributed by atoms with E-state index < -0.39 is 0 Å². The van der Waals surface area contributed by atoms with E-state index in [2.05, 4.69) is 39.0 Å². The predicted octanol–water partition coefficient (Wildman–Crippen LogP) is 6.53. The van der Waals surface area contributed by atoms with E-state index in [4.69, 9.17) is 28.3 Å². The van der Waals surface area contributed by atoms with Gasteiger partial charge in [0.05, 0.1) is 10.0 Å². The molecule has 4 heteroatoms. The van der Waals surface area contributed by atoms with Gasteiger partial charge in [0.2, 0.25) is 0 Å². The second-order valence-electron chi connectivity index (χ2n) is 6.82. The number of hydrogen-bond donors (Lipinski definition) is 1. The fourth-order valence-corrected chi connectivity index (χ4v) is 4.10. The molecule has 0 saturated heterocycles. The highest BCUT2D eigenvalue weighted by molar-refractivity contribution is 7.98. The number of nitrogens with two attached hydrogens (primary N) is 1. The summed E-state index contributed by atoms with van der Waals surface area (Å²) in [5.41, 5.74) is 2.75. The van der Waals surface area contributed by atoms with Crippen molar-refractivity contribution in [2.45, 2.75) is 63.0 Å². The number of rotatable bonds is 4. The van der Waals surface area contributed by atoms with Crippen LogP contribution < -0.4 is 5.14 Å². The molecule has 1 nitrogen and oxygen atoms in total. The van der Waals surface area contributed by atoms with Gasteiger partial charge < -0.3 is 0 Å². The van der Waals surface area contributed by atoms with Crippen molar-refractivity contribution in [1.82, 2.24) is 0 Å². The SMILES string of the molecule is CC(=CC(C)(C)SN)C1(c2ccc(Cl)c(Cl)c2)CCCCC1. The molecule has 0 unspecified atom stereocenters. The van der Waals surface area contributed by atoms with E-state index in [1.807, 2.05) is 6.07 Å². The quantitative estimate of drug-likeness (QED) is 0.489. The van der Waals surface area contributed by atoms with Crippen LogP contribution in [0.5, 0.6) is 0 Å². The molecule has 1 aromatic carbocycles. The van der Waals surface area contributed by atoms with Crippen LogP contribution in [0.25, 0.3) is 0 Å². The lowest BCUT2D eigenvalue weighted by Crippen LogP contribution is -2.32. The van der Waals surface area contributed by atoms with Gasteiger partial charge in [-0.2, -0.15) is 0 Å². The lowest BCUT2D eigenvalue weighted by Gasteiger charge is -2.40. The van der Waals surface area contributed by atoms with E-state index in [-0.39, 0.29) is 10.2 Å². The summed E-state index contributed by atoms with van der Waals surface area (Å²) >= 11 is 13.8. The molecule has 0 bridgehead atoms. The Morgan fingerprint density at radius 1 is 1.18 bits per heavy atom. The van der Waals surface area contributed by atoms with E-state index >= 15 is 0 Å². The van der Waals surface area contributed by atoms with Gasteiger partial charge in [-0.1, -0.05) is 72.1 Å². The highest BCUT2D eigenvalue weighted by Gasteiger charge is 2.36. The van der Waals surface area contributed by atoms with Gasteiger partial charge in [-0.3, -0.25) is 5.14 Å². The van der Waals surface area contributed by atoms with Gasteiger partial charge in [0.1, 0.15) is 0 Å². The third-order valence-electron chi connectivity index (χ3n) is 4.80. The van der Waals surface area contributed by atoms with Crippen LogP contribution in [0.3, 0.4) is 0 Å². The Morgan fingerprint density at radius 2 is 1.82 bits per heavy atom. The van der Waals surface area contributed by atoms with Crippen LogP contribution in [0.1, 0.15) is 58.4 Å². The molecule has 0 aromatic heterocycles. The van der Waals surface area contributed by atoms with E-state index in [9.17, 15) is 0 Å². The fourth-order valence-electron chi connectivity index (χ4n) is 3.55. The minimum atomic E-state index is -0.0647. The fraction of sp³-hybridized carbons (Fsp3) is 0.556. The third kappa shape index (κ3) is 3.84. The van der Waals surface area contributed by atoms with E-state index in [1.165, 1.54) is 55.2 Å². The lowest BCUT2D eigenvalue weighted by atomic mass is 9.65. The van der Waals surface area contributed by atoms with Crippen LogP contribution in [0.2, 0.25) is 10.0 Å². The number of hydrogen-bond acceptors (Lipinski definition) is 2. The molecule has 22 heavy (non-hydrogen) atoms. The van der Waals surface area contributed by atoms with E-state index in [0.29, 0.717) is 10.0 Å². The first-order valence-corrected chi connectivity index (χ1v) is 9.48. The molecule has 1 fully saturated rings. The molecule has 0 radical (unpaired) electrons. The summed E-state index contributed by atoms with van der Waals surface area (Å²) in [4.78, 5) is 0. The van der Waals surface area contributed by atoms with Crippen molar-refractivity contribution >= 4 is 35.1 Å². The average Bonchev–Trinajstić information content (AvgIpc) is 2.50. The van der Waals surface area contributed by atoms with E-state index in [0.717, 1.165) is 0 Å². The van der Waals surface area contributed by atoms with Crippen molar-refractivity contribution < 1.29 is 0 Å². The molecule has 0 amide bonds. The molecule has 0 aliphatic heterocycles.